The van der Waals surface area contributed by atoms with E-state index in [2.05, 4.69) is 10.3 Å². The molecule has 0 aliphatic heterocycles. The van der Waals surface area contributed by atoms with Gasteiger partial charge in [-0.3, -0.25) is 4.79 Å². The summed E-state index contributed by atoms with van der Waals surface area (Å²) < 4.78 is 1.09. The van der Waals surface area contributed by atoms with Crippen molar-refractivity contribution >= 4 is 56.3 Å². The molecule has 0 aliphatic rings. The highest BCUT2D eigenvalue weighted by Gasteiger charge is 2.11. The van der Waals surface area contributed by atoms with Crippen LogP contribution in [0.1, 0.15) is 15.4 Å². The molecule has 0 atom stereocenters. The SMILES string of the molecule is Cc1nc2cc(NC(=O)c3ccc(Cl)cc3Cl)ccc2s1. The van der Waals surface area contributed by atoms with Crippen LogP contribution in [0.2, 0.25) is 10.0 Å². The van der Waals surface area contributed by atoms with Gasteiger partial charge < -0.3 is 5.32 Å². The Morgan fingerprint density at radius 3 is 2.76 bits per heavy atom. The summed E-state index contributed by atoms with van der Waals surface area (Å²) in [5.41, 5.74) is 1.94. The minimum Gasteiger partial charge on any atom is -0.322 e. The lowest BCUT2D eigenvalue weighted by Crippen LogP contribution is -2.12. The van der Waals surface area contributed by atoms with Crippen LogP contribution in [0.4, 0.5) is 5.69 Å². The fourth-order valence-corrected chi connectivity index (χ4v) is 3.29. The van der Waals surface area contributed by atoms with E-state index in [0.29, 0.717) is 21.3 Å². The van der Waals surface area contributed by atoms with Crippen molar-refractivity contribution in [1.82, 2.24) is 4.98 Å². The van der Waals surface area contributed by atoms with Gasteiger partial charge in [-0.25, -0.2) is 4.98 Å². The molecule has 6 heteroatoms. The second-order valence-electron chi connectivity index (χ2n) is 4.49. The van der Waals surface area contributed by atoms with Crippen LogP contribution in [0.25, 0.3) is 10.2 Å². The van der Waals surface area contributed by atoms with E-state index >= 15 is 0 Å². The van der Waals surface area contributed by atoms with E-state index in [-0.39, 0.29) is 5.91 Å². The van der Waals surface area contributed by atoms with Crippen LogP contribution in [-0.4, -0.2) is 10.9 Å². The first-order chi connectivity index (χ1) is 10.0. The molecule has 3 nitrogen and oxygen atoms in total. The summed E-state index contributed by atoms with van der Waals surface area (Å²) in [6, 6.07) is 10.4. The molecule has 3 rings (SSSR count). The molecule has 0 unspecified atom stereocenters. The smallest absolute Gasteiger partial charge is 0.257 e. The molecule has 0 radical (unpaired) electrons. The molecular weight excluding hydrogens is 327 g/mol. The summed E-state index contributed by atoms with van der Waals surface area (Å²) in [6.45, 7) is 1.95. The number of nitrogens with one attached hydrogen (secondary N) is 1. The lowest BCUT2D eigenvalue weighted by molar-refractivity contribution is 0.102. The van der Waals surface area contributed by atoms with Gasteiger partial charge >= 0.3 is 0 Å². The third-order valence-electron chi connectivity index (χ3n) is 2.93. The third-order valence-corrected chi connectivity index (χ3v) is 4.43. The van der Waals surface area contributed by atoms with Crippen LogP contribution >= 0.6 is 34.5 Å². The van der Waals surface area contributed by atoms with Crippen molar-refractivity contribution in [2.24, 2.45) is 0 Å². The Hall–Kier alpha value is -1.62. The molecule has 21 heavy (non-hydrogen) atoms. The minimum atomic E-state index is -0.275. The third kappa shape index (κ3) is 3.02. The van der Waals surface area contributed by atoms with Crippen molar-refractivity contribution in [3.8, 4) is 0 Å². The summed E-state index contributed by atoms with van der Waals surface area (Å²) in [4.78, 5) is 16.6. The average molecular weight is 337 g/mol. The van der Waals surface area contributed by atoms with Crippen LogP contribution in [0.15, 0.2) is 36.4 Å². The number of nitrogens with zero attached hydrogens (tertiary/aromatic N) is 1. The Morgan fingerprint density at radius 1 is 1.19 bits per heavy atom. The van der Waals surface area contributed by atoms with E-state index in [1.165, 1.54) is 0 Å². The molecule has 0 bridgehead atoms. The predicted molar refractivity (Wildman–Crippen MR) is 88.8 cm³/mol. The van der Waals surface area contributed by atoms with Gasteiger partial charge in [-0.2, -0.15) is 0 Å². The standard InChI is InChI=1S/C15H10Cl2N2OS/c1-8-18-13-7-10(3-5-14(13)21-8)19-15(20)11-4-2-9(16)6-12(11)17/h2-7H,1H3,(H,19,20). The molecule has 0 spiro atoms. The second-order valence-corrected chi connectivity index (χ2v) is 6.57. The van der Waals surface area contributed by atoms with Crippen molar-refractivity contribution in [1.29, 1.82) is 0 Å². The summed E-state index contributed by atoms with van der Waals surface area (Å²) >= 11 is 13.5. The minimum absolute atomic E-state index is 0.275. The van der Waals surface area contributed by atoms with Gasteiger partial charge in [-0.1, -0.05) is 23.2 Å². The van der Waals surface area contributed by atoms with Gasteiger partial charge in [0.2, 0.25) is 0 Å². The van der Waals surface area contributed by atoms with Crippen molar-refractivity contribution in [2.75, 3.05) is 5.32 Å². The van der Waals surface area contributed by atoms with E-state index in [1.807, 2.05) is 25.1 Å². The van der Waals surface area contributed by atoms with E-state index in [0.717, 1.165) is 15.2 Å². The first-order valence-corrected chi connectivity index (χ1v) is 7.74. The fourth-order valence-electron chi connectivity index (χ4n) is 1.99. The maximum absolute atomic E-state index is 12.2. The topological polar surface area (TPSA) is 42.0 Å². The molecule has 1 aromatic heterocycles. The number of hydrogen-bond acceptors (Lipinski definition) is 3. The number of aryl methyl sites for hydroxylation is 1. The molecule has 0 saturated heterocycles. The zero-order chi connectivity index (χ0) is 15.0. The van der Waals surface area contributed by atoms with Gasteiger partial charge in [0.15, 0.2) is 0 Å². The van der Waals surface area contributed by atoms with Crippen molar-refractivity contribution in [3.63, 3.8) is 0 Å². The molecule has 0 fully saturated rings. The highest BCUT2D eigenvalue weighted by atomic mass is 35.5. The molecule has 2 aromatic carbocycles. The number of carbonyl (C=O) groups excluding carboxylic acids is 1. The number of hydrogen-bond donors (Lipinski definition) is 1. The molecule has 106 valence electrons. The van der Waals surface area contributed by atoms with Gasteiger partial charge in [-0.05, 0) is 43.3 Å². The Bertz CT molecular complexity index is 845. The van der Waals surface area contributed by atoms with Crippen LogP contribution in [0, 0.1) is 6.92 Å². The first kappa shape index (κ1) is 14.3. The Morgan fingerprint density at radius 2 is 2.00 bits per heavy atom. The van der Waals surface area contributed by atoms with Crippen LogP contribution in [0.5, 0.6) is 0 Å². The number of aromatic nitrogens is 1. The van der Waals surface area contributed by atoms with Crippen LogP contribution < -0.4 is 5.32 Å². The summed E-state index contributed by atoms with van der Waals surface area (Å²) in [5, 5.41) is 4.63. The van der Waals surface area contributed by atoms with Crippen molar-refractivity contribution in [3.05, 3.63) is 57.0 Å². The van der Waals surface area contributed by atoms with Gasteiger partial charge in [0.25, 0.3) is 5.91 Å². The summed E-state index contributed by atoms with van der Waals surface area (Å²) in [5.74, 6) is -0.275. The molecule has 0 saturated carbocycles. The lowest BCUT2D eigenvalue weighted by Gasteiger charge is -2.07. The number of rotatable bonds is 2. The number of thiazole rings is 1. The average Bonchev–Trinajstić information content (AvgIpc) is 2.77. The lowest BCUT2D eigenvalue weighted by atomic mass is 10.2. The van der Waals surface area contributed by atoms with E-state index in [9.17, 15) is 4.79 Å². The highest BCUT2D eigenvalue weighted by molar-refractivity contribution is 7.18. The summed E-state index contributed by atoms with van der Waals surface area (Å²) in [6.07, 6.45) is 0. The number of halogens is 2. The number of benzene rings is 2. The molecule has 1 N–H and O–H groups in total. The molecule has 0 aliphatic carbocycles. The monoisotopic (exact) mass is 336 g/mol. The van der Waals surface area contributed by atoms with E-state index in [4.69, 9.17) is 23.2 Å². The molecule has 1 heterocycles. The zero-order valence-electron chi connectivity index (χ0n) is 11.0. The zero-order valence-corrected chi connectivity index (χ0v) is 13.3. The van der Waals surface area contributed by atoms with Gasteiger partial charge in [0, 0.05) is 10.7 Å². The summed E-state index contributed by atoms with van der Waals surface area (Å²) in [7, 11) is 0. The van der Waals surface area contributed by atoms with Crippen molar-refractivity contribution < 1.29 is 4.79 Å². The number of anilines is 1. The number of fused-ring (bicyclic) bond motifs is 1. The number of carbonyl (C=O) groups is 1. The van der Waals surface area contributed by atoms with Crippen LogP contribution in [0.3, 0.4) is 0 Å². The molecular formula is C15H10Cl2N2OS. The molecule has 3 aromatic rings. The predicted octanol–water partition coefficient (Wildman–Crippen LogP) is 5.16. The van der Waals surface area contributed by atoms with E-state index in [1.54, 1.807) is 29.5 Å². The normalized spacial score (nSPS) is 10.8. The Kier molecular flexibility index (Phi) is 3.85. The Labute approximate surface area is 135 Å². The van der Waals surface area contributed by atoms with Gasteiger partial charge in [0.05, 0.1) is 25.8 Å². The molecule has 1 amide bonds. The highest BCUT2D eigenvalue weighted by Crippen LogP contribution is 2.26. The van der Waals surface area contributed by atoms with Gasteiger partial charge in [0.1, 0.15) is 0 Å². The van der Waals surface area contributed by atoms with Gasteiger partial charge in [-0.15, -0.1) is 11.3 Å². The van der Waals surface area contributed by atoms with Crippen molar-refractivity contribution in [2.45, 2.75) is 6.92 Å². The maximum Gasteiger partial charge on any atom is 0.257 e. The fraction of sp³-hybridized carbons (Fsp3) is 0.0667. The first-order valence-electron chi connectivity index (χ1n) is 6.16. The maximum atomic E-state index is 12.2. The quantitative estimate of drug-likeness (QED) is 0.701. The number of amides is 1. The largest absolute Gasteiger partial charge is 0.322 e. The van der Waals surface area contributed by atoms with E-state index < -0.39 is 0 Å². The van der Waals surface area contributed by atoms with Crippen LogP contribution in [-0.2, 0) is 0 Å². The second kappa shape index (κ2) is 5.64. The Balaban J connectivity index is 1.88.